The summed E-state index contributed by atoms with van der Waals surface area (Å²) in [6.07, 6.45) is 5.65. The Morgan fingerprint density at radius 2 is 1.59 bits per heavy atom. The summed E-state index contributed by atoms with van der Waals surface area (Å²) in [5.41, 5.74) is 5.30. The minimum absolute atomic E-state index is 0.0130. The number of aliphatic hydroxyl groups is 1. The summed E-state index contributed by atoms with van der Waals surface area (Å²) in [5, 5.41) is 39.9. The fourth-order valence-electron chi connectivity index (χ4n) is 8.45. The second-order valence-electron chi connectivity index (χ2n) is 19.2. The first-order valence-corrected chi connectivity index (χ1v) is 25.3. The maximum Gasteiger partial charge on any atom is 0.273 e. The molecule has 21 nitrogen and oxygen atoms in total. The molecule has 0 saturated carbocycles. The average Bonchev–Trinajstić information content (AvgIpc) is 4.11. The van der Waals surface area contributed by atoms with Crippen LogP contribution in [0.3, 0.4) is 0 Å². The zero-order chi connectivity index (χ0) is 52.8. The van der Waals surface area contributed by atoms with Crippen LogP contribution in [-0.2, 0) is 31.0 Å². The number of methoxy groups -OCH3 is 1. The normalized spacial score (nSPS) is 15.2. The Bertz CT molecular complexity index is 2740. The van der Waals surface area contributed by atoms with Crippen molar-refractivity contribution in [1.82, 2.24) is 56.1 Å². The van der Waals surface area contributed by atoms with Gasteiger partial charge < -0.3 is 46.6 Å². The highest BCUT2D eigenvalue weighted by Crippen LogP contribution is 2.37. The van der Waals surface area contributed by atoms with Crippen molar-refractivity contribution in [1.29, 1.82) is 0 Å². The van der Waals surface area contributed by atoms with E-state index in [4.69, 9.17) is 4.74 Å². The van der Waals surface area contributed by atoms with Gasteiger partial charge in [0.1, 0.15) is 18.4 Å². The van der Waals surface area contributed by atoms with Gasteiger partial charge in [-0.1, -0.05) is 76.8 Å². The lowest BCUT2D eigenvalue weighted by Gasteiger charge is -2.35. The lowest BCUT2D eigenvalue weighted by molar-refractivity contribution is -0.144. The molecule has 4 atom stereocenters. The molecule has 1 aliphatic rings. The molecule has 6 amide bonds. The van der Waals surface area contributed by atoms with E-state index in [1.807, 2.05) is 64.4 Å². The lowest BCUT2D eigenvalue weighted by atomic mass is 9.85. The molecule has 2 unspecified atom stereocenters. The van der Waals surface area contributed by atoms with E-state index in [1.54, 1.807) is 47.6 Å². The van der Waals surface area contributed by atoms with E-state index in [9.17, 15) is 33.9 Å². The van der Waals surface area contributed by atoms with Crippen molar-refractivity contribution in [3.8, 4) is 27.6 Å². The Labute approximate surface area is 429 Å². The Kier molecular flexibility index (Phi) is 19.1. The second kappa shape index (κ2) is 25.4. The first kappa shape index (κ1) is 55.0. The topological polar surface area (TPSA) is 277 Å². The standard InChI is InChI=1S/C51H67N13O8S/c1-30(32-20-22-33(23-21-32)45-31(2)55-29-73-45)56-48(69)38-24-34(65)27-64(38)50(71)46(51(3,4)5)59-41(67)19-14-12-10-9-11-13-18-40(66)53-26-42(68)58-39-25-37(43(61-60-39)49(70)52-6)57-36-17-15-16-35(44(36)72-8)47-54-28-63(7)62-47/h15-17,20-23,25,28-30,34,38,46,65H,9-14,18-19,24,26-27H2,1-8H3,(H,52,70)(H,53,66)(H,56,69)(H,59,67)(H2,57,58,60,68)/t30?,34-,38+,46?/m1/s1. The quantitative estimate of drug-likeness (QED) is 0.0406. The number of carbonyl (C=O) groups is 6. The number of anilines is 3. The van der Waals surface area contributed by atoms with Crippen molar-refractivity contribution in [3.63, 3.8) is 0 Å². The molecule has 22 heteroatoms. The minimum Gasteiger partial charge on any atom is -0.494 e. The van der Waals surface area contributed by atoms with Gasteiger partial charge in [0.2, 0.25) is 29.5 Å². The van der Waals surface area contributed by atoms with E-state index in [0.29, 0.717) is 35.7 Å². The number of aryl methyl sites for hydroxylation is 2. The van der Waals surface area contributed by atoms with Crippen molar-refractivity contribution in [2.45, 2.75) is 117 Å². The Morgan fingerprint density at radius 3 is 2.22 bits per heavy atom. The van der Waals surface area contributed by atoms with Gasteiger partial charge in [-0.25, -0.2) is 9.97 Å². The maximum absolute atomic E-state index is 14.1. The van der Waals surface area contributed by atoms with E-state index in [-0.39, 0.29) is 73.3 Å². The summed E-state index contributed by atoms with van der Waals surface area (Å²) in [6.45, 7) is 9.08. The molecule has 2 aromatic carbocycles. The largest absolute Gasteiger partial charge is 0.494 e. The van der Waals surface area contributed by atoms with Gasteiger partial charge in [-0.2, -0.15) is 5.10 Å². The van der Waals surface area contributed by atoms with E-state index in [2.05, 4.69) is 57.2 Å². The molecule has 4 heterocycles. The van der Waals surface area contributed by atoms with Gasteiger partial charge >= 0.3 is 0 Å². The number of likely N-dealkylation sites (tertiary alicyclic amines) is 1. The number of aromatic nitrogens is 6. The number of para-hydroxylation sites is 1. The number of benzene rings is 2. The highest BCUT2D eigenvalue weighted by molar-refractivity contribution is 7.13. The fourth-order valence-corrected chi connectivity index (χ4v) is 9.27. The number of ether oxygens (including phenoxy) is 1. The van der Waals surface area contributed by atoms with Gasteiger partial charge in [-0.15, -0.1) is 21.5 Å². The van der Waals surface area contributed by atoms with Crippen LogP contribution in [0, 0.1) is 12.3 Å². The van der Waals surface area contributed by atoms with Crippen LogP contribution in [0.2, 0.25) is 0 Å². The molecule has 6 rings (SSSR count). The van der Waals surface area contributed by atoms with Crippen LogP contribution in [0.5, 0.6) is 5.75 Å². The van der Waals surface area contributed by atoms with E-state index < -0.39 is 41.3 Å². The molecule has 0 bridgehead atoms. The van der Waals surface area contributed by atoms with Gasteiger partial charge in [0.15, 0.2) is 23.1 Å². The molecule has 7 N–H and O–H groups in total. The van der Waals surface area contributed by atoms with E-state index in [0.717, 1.165) is 47.4 Å². The predicted octanol–water partition coefficient (Wildman–Crippen LogP) is 5.36. The summed E-state index contributed by atoms with van der Waals surface area (Å²) < 4.78 is 7.25. The van der Waals surface area contributed by atoms with Crippen molar-refractivity contribution in [2.75, 3.05) is 37.9 Å². The summed E-state index contributed by atoms with van der Waals surface area (Å²) >= 11 is 1.57. The molecule has 0 radical (unpaired) electrons. The Balaban J connectivity index is 0.890. The van der Waals surface area contributed by atoms with Crippen LogP contribution in [0.4, 0.5) is 17.2 Å². The summed E-state index contributed by atoms with van der Waals surface area (Å²) in [5.74, 6) is -1.52. The number of nitrogens with zero attached hydrogens (tertiary/aromatic N) is 7. The minimum atomic E-state index is -0.917. The summed E-state index contributed by atoms with van der Waals surface area (Å²) in [4.78, 5) is 90.3. The SMILES string of the molecule is CNC(=O)c1nnc(NC(=O)CNC(=O)CCCCCCCCC(=O)NC(C(=O)N2C[C@H](O)C[C@H]2C(=O)NC(C)c2ccc(-c3scnc3C)cc2)C(C)(C)C)cc1Nc1cccc(-c2ncn(C)n2)c1OC. The van der Waals surface area contributed by atoms with Crippen molar-refractivity contribution < 1.29 is 38.6 Å². The molecule has 1 saturated heterocycles. The van der Waals surface area contributed by atoms with Gasteiger partial charge in [-0.05, 0) is 55.4 Å². The molecule has 3 aromatic heterocycles. The molecular weight excluding hydrogens is 955 g/mol. The molecular formula is C51H67N13O8S. The van der Waals surface area contributed by atoms with Gasteiger partial charge in [-0.3, -0.25) is 33.4 Å². The Morgan fingerprint density at radius 1 is 0.890 bits per heavy atom. The number of unbranched alkanes of at least 4 members (excludes halogenated alkanes) is 5. The van der Waals surface area contributed by atoms with Crippen molar-refractivity contribution >= 4 is 64.0 Å². The molecule has 390 valence electrons. The number of β-amino-alcohol motifs (C(OH)–C–C–N with tert-alkyl or cyclic N) is 1. The van der Waals surface area contributed by atoms with Crippen molar-refractivity contribution in [3.05, 3.63) is 77.3 Å². The molecule has 0 aliphatic carbocycles. The molecule has 1 aliphatic heterocycles. The van der Waals surface area contributed by atoms with Crippen LogP contribution in [0.25, 0.3) is 21.8 Å². The summed E-state index contributed by atoms with van der Waals surface area (Å²) in [7, 11) is 4.70. The number of rotatable bonds is 23. The molecule has 73 heavy (non-hydrogen) atoms. The number of carbonyl (C=O) groups excluding carboxylic acids is 6. The molecule has 1 fully saturated rings. The van der Waals surface area contributed by atoms with Gasteiger partial charge in [0.05, 0.1) is 58.8 Å². The monoisotopic (exact) mass is 1020 g/mol. The lowest BCUT2D eigenvalue weighted by Crippen LogP contribution is -2.57. The Hall–Kier alpha value is -7.33. The molecule has 0 spiro atoms. The fraction of sp³-hybridized carbons (Fsp3) is 0.471. The number of aliphatic hydroxyl groups excluding tert-OH is 1. The first-order chi connectivity index (χ1) is 34.9. The van der Waals surface area contributed by atoms with E-state index >= 15 is 0 Å². The summed E-state index contributed by atoms with van der Waals surface area (Å²) in [6, 6.07) is 12.5. The number of amides is 6. The molecule has 5 aromatic rings. The van der Waals surface area contributed by atoms with E-state index in [1.165, 1.54) is 25.1 Å². The van der Waals surface area contributed by atoms with Crippen molar-refractivity contribution in [2.24, 2.45) is 12.5 Å². The third kappa shape index (κ3) is 14.9. The first-order valence-electron chi connectivity index (χ1n) is 24.4. The highest BCUT2D eigenvalue weighted by atomic mass is 32.1. The van der Waals surface area contributed by atoms with Crippen LogP contribution in [-0.4, -0.2) is 121 Å². The third-order valence-electron chi connectivity index (χ3n) is 12.4. The predicted molar refractivity (Wildman–Crippen MR) is 277 cm³/mol. The number of thiazole rings is 1. The van der Waals surface area contributed by atoms with Gasteiger partial charge in [0.25, 0.3) is 5.91 Å². The zero-order valence-corrected chi connectivity index (χ0v) is 43.5. The number of nitrogens with one attached hydrogen (secondary N) is 6. The van der Waals surface area contributed by atoms with Crippen LogP contribution in [0.1, 0.15) is 113 Å². The second-order valence-corrected chi connectivity index (χ2v) is 20.0. The highest BCUT2D eigenvalue weighted by Gasteiger charge is 2.44. The number of hydrogen-bond acceptors (Lipinski definition) is 15. The zero-order valence-electron chi connectivity index (χ0n) is 42.7. The van der Waals surface area contributed by atoms with Crippen LogP contribution >= 0.6 is 11.3 Å². The number of hydrogen-bond donors (Lipinski definition) is 7. The van der Waals surface area contributed by atoms with Crippen LogP contribution < -0.4 is 36.6 Å². The third-order valence-corrected chi connectivity index (χ3v) is 13.4. The van der Waals surface area contributed by atoms with Crippen LogP contribution in [0.15, 0.2) is 60.4 Å². The maximum atomic E-state index is 14.1. The van der Waals surface area contributed by atoms with Gasteiger partial charge in [0, 0.05) is 46.0 Å². The average molecular weight is 1020 g/mol. The smallest absolute Gasteiger partial charge is 0.273 e.